The summed E-state index contributed by atoms with van der Waals surface area (Å²) < 4.78 is 238. The van der Waals surface area contributed by atoms with Gasteiger partial charge in [-0.15, -0.1) is 0 Å². The molecule has 1 aliphatic heterocycles. The van der Waals surface area contributed by atoms with Gasteiger partial charge in [0.2, 0.25) is 47.9 Å². The zero-order chi connectivity index (χ0) is 39.5. The summed E-state index contributed by atoms with van der Waals surface area (Å²) in [4.78, 5) is 0. The number of benzene rings is 2. The van der Waals surface area contributed by atoms with E-state index in [1.807, 2.05) is 0 Å². The van der Waals surface area contributed by atoms with Gasteiger partial charge in [-0.05, 0) is 35.4 Å². The predicted octanol–water partition coefficient (Wildman–Crippen LogP) is -21.3. The molecule has 0 amide bonds. The molecule has 2 aromatic carbocycles. The second-order valence-electron chi connectivity index (χ2n) is 9.38. The van der Waals surface area contributed by atoms with E-state index >= 15 is 0 Å². The third-order valence-corrected chi connectivity index (χ3v) is 8.15. The Balaban J connectivity index is -0.00000243. The molecule has 0 aliphatic carbocycles. The maximum absolute atomic E-state index is 11.6. The van der Waals surface area contributed by atoms with E-state index in [2.05, 4.69) is 25.1 Å². The van der Waals surface area contributed by atoms with Gasteiger partial charge in [0.15, 0.2) is 6.10 Å². The molecule has 0 saturated carbocycles. The van der Waals surface area contributed by atoms with Crippen LogP contribution in [0.1, 0.15) is 11.1 Å². The van der Waals surface area contributed by atoms with E-state index < -0.39 is 117 Å². The normalized spacial score (nSPS) is 19.9. The van der Waals surface area contributed by atoms with Gasteiger partial charge in [0, 0.05) is 6.07 Å². The molecular weight excluding hydrogens is 987 g/mol. The molecular formula is C20H16Na6O26S6. The molecule has 1 aliphatic rings. The number of hydrogen-bond acceptors (Lipinski definition) is 26. The van der Waals surface area contributed by atoms with E-state index in [1.54, 1.807) is 0 Å². The van der Waals surface area contributed by atoms with Crippen molar-refractivity contribution in [3.05, 3.63) is 53.6 Å². The summed E-state index contributed by atoms with van der Waals surface area (Å²) in [5.74, 6) is -2.11. The van der Waals surface area contributed by atoms with Crippen molar-refractivity contribution >= 4 is 74.5 Å². The van der Waals surface area contributed by atoms with Crippen LogP contribution >= 0.6 is 0 Å². The minimum Gasteiger partial charge on any atom is -0.726 e. The minimum atomic E-state index is -6.16. The molecule has 0 bridgehead atoms. The molecule has 3 rings (SSSR count). The van der Waals surface area contributed by atoms with E-state index in [4.69, 9.17) is 9.47 Å². The summed E-state index contributed by atoms with van der Waals surface area (Å²) in [6.45, 7) is -1.72. The predicted molar refractivity (Wildman–Crippen MR) is 151 cm³/mol. The Bertz CT molecular complexity index is 2330. The van der Waals surface area contributed by atoms with E-state index in [0.717, 1.165) is 30.3 Å². The van der Waals surface area contributed by atoms with Crippen molar-refractivity contribution in [3.8, 4) is 17.2 Å². The fraction of sp³-hybridized carbons (Fsp3) is 0.300. The van der Waals surface area contributed by atoms with Crippen LogP contribution in [0.2, 0.25) is 0 Å². The monoisotopic (exact) mass is 1000 g/mol. The third-order valence-electron chi connectivity index (χ3n) is 5.55. The molecule has 0 radical (unpaired) electrons. The van der Waals surface area contributed by atoms with Crippen molar-refractivity contribution in [1.29, 1.82) is 0 Å². The Hall–Kier alpha value is 2.84. The van der Waals surface area contributed by atoms with Gasteiger partial charge in [-0.3, -0.25) is 16.7 Å². The summed E-state index contributed by atoms with van der Waals surface area (Å²) in [5, 5.41) is 0. The van der Waals surface area contributed by atoms with Gasteiger partial charge in [-0.1, -0.05) is 24.3 Å². The van der Waals surface area contributed by atoms with Crippen LogP contribution in [-0.2, 0) is 83.9 Å². The average Bonchev–Trinajstić information content (AvgIpc) is 2.90. The third kappa shape index (κ3) is 27.3. The molecule has 0 unspecified atom stereocenters. The summed E-state index contributed by atoms with van der Waals surface area (Å²) in [5.41, 5.74) is 0.00854. The van der Waals surface area contributed by atoms with Gasteiger partial charge in [0.25, 0.3) is 20.8 Å². The van der Waals surface area contributed by atoms with E-state index in [9.17, 15) is 77.8 Å². The van der Waals surface area contributed by atoms with Gasteiger partial charge in [0.05, 0.1) is 6.61 Å². The summed E-state index contributed by atoms with van der Waals surface area (Å²) in [7, 11) is -34.8. The summed E-state index contributed by atoms with van der Waals surface area (Å²) >= 11 is 0. The van der Waals surface area contributed by atoms with Gasteiger partial charge < -0.3 is 45.2 Å². The van der Waals surface area contributed by atoms with Crippen LogP contribution in [0.15, 0.2) is 42.5 Å². The van der Waals surface area contributed by atoms with Crippen molar-refractivity contribution in [2.45, 2.75) is 30.7 Å². The maximum atomic E-state index is 11.6. The molecule has 2 aromatic rings. The first-order valence-corrected chi connectivity index (χ1v) is 20.5. The Morgan fingerprint density at radius 1 is 0.483 bits per heavy atom. The van der Waals surface area contributed by atoms with Crippen LogP contribution in [0, 0.1) is 0 Å². The van der Waals surface area contributed by atoms with Crippen molar-refractivity contribution in [3.63, 3.8) is 0 Å². The van der Waals surface area contributed by atoms with E-state index in [0.29, 0.717) is 6.07 Å². The molecule has 26 nitrogen and oxygen atoms in total. The Morgan fingerprint density at radius 3 is 1.34 bits per heavy atom. The molecule has 58 heavy (non-hydrogen) atoms. The fourth-order valence-corrected chi connectivity index (χ4v) is 6.45. The Morgan fingerprint density at radius 2 is 0.897 bits per heavy atom. The van der Waals surface area contributed by atoms with E-state index in [-0.39, 0.29) is 188 Å². The Labute approximate surface area is 464 Å². The van der Waals surface area contributed by atoms with Gasteiger partial charge in [0.1, 0.15) is 35.6 Å². The minimum absolute atomic E-state index is 0. The van der Waals surface area contributed by atoms with Crippen molar-refractivity contribution < 1.29 is 290 Å². The van der Waals surface area contributed by atoms with Crippen LogP contribution in [0.5, 0.6) is 17.2 Å². The SMILES string of the molecule is O=S(=O)([O-])OC[C@H]1O[C@@H](Oc2cc(/C=C\c3ccc(OS(=O)(=O)[O-])cc3)cc(OS(=O)(=O)[O-])c2)[C@H](OS(=O)(=O)[O-])[C@@H](OS(=O)(=O)[O-])[C@@H]1OS(=O)(=O)[O-].[Na+].[Na+].[Na+].[Na+].[Na+].[Na+]. The van der Waals surface area contributed by atoms with Gasteiger partial charge in [-0.2, -0.15) is 0 Å². The van der Waals surface area contributed by atoms with Crippen LogP contribution in [0.3, 0.4) is 0 Å². The van der Waals surface area contributed by atoms with Gasteiger partial charge >= 0.3 is 177 Å². The quantitative estimate of drug-likeness (QED) is 0.0614. The maximum Gasteiger partial charge on any atom is 1.00 e. The molecule has 0 aromatic heterocycles. The van der Waals surface area contributed by atoms with E-state index in [1.165, 1.54) is 18.2 Å². The molecule has 38 heteroatoms. The second-order valence-corrected chi connectivity index (χ2v) is 15.4. The molecule has 1 fully saturated rings. The van der Waals surface area contributed by atoms with Crippen molar-refractivity contribution in [2.75, 3.05) is 6.61 Å². The molecule has 1 saturated heterocycles. The molecule has 294 valence electrons. The molecule has 5 atom stereocenters. The van der Waals surface area contributed by atoms with Crippen LogP contribution in [0.25, 0.3) is 12.2 Å². The molecule has 0 N–H and O–H groups in total. The number of ether oxygens (including phenoxy) is 2. The van der Waals surface area contributed by atoms with Crippen molar-refractivity contribution in [2.24, 2.45) is 0 Å². The van der Waals surface area contributed by atoms with Crippen LogP contribution in [0.4, 0.5) is 0 Å². The second kappa shape index (κ2) is 27.5. The first kappa shape index (κ1) is 67.4. The van der Waals surface area contributed by atoms with Crippen LogP contribution in [-0.4, -0.2) is 115 Å². The topological polar surface area (TPSA) is 417 Å². The zero-order valence-corrected chi connectivity index (χ0v) is 47.3. The Kier molecular flexibility index (Phi) is 31.9. The molecule has 0 spiro atoms. The summed E-state index contributed by atoms with van der Waals surface area (Å²) in [6, 6.07) is 6.71. The average molecular weight is 1000 g/mol. The summed E-state index contributed by atoms with van der Waals surface area (Å²) in [6.07, 6.45) is -12.1. The van der Waals surface area contributed by atoms with Crippen molar-refractivity contribution in [1.82, 2.24) is 0 Å². The number of hydrogen-bond donors (Lipinski definition) is 0. The smallest absolute Gasteiger partial charge is 0.726 e. The van der Waals surface area contributed by atoms with Crippen LogP contribution < -0.4 is 190 Å². The zero-order valence-electron chi connectivity index (χ0n) is 30.4. The molecule has 1 heterocycles. The standard InChI is InChI=1S/C20H22O26S6.6Na/c21-47(22,23)39-10-16-17(44-50(30,31)32)18(45-51(33,34)35)19(46-52(36,37)38)20(41-16)40-14-7-12(8-15(9-14)43-49(27,28)29)2-1-11-3-5-13(6-4-11)42-48(24,25)26;;;;;;/h1-9,16-20H,10H2,(H,21,22,23)(H,24,25,26)(H,27,28,29)(H,30,31,32)(H,33,34,35)(H,36,37,38);;;;;;/q;6*+1/p-6/b2-1-;;;;;;/t16-,17-,18+,19-,20-;;;;;;/m1....../s1. The number of rotatable bonds is 17. The first-order chi connectivity index (χ1) is 23.4. The first-order valence-electron chi connectivity index (χ1n) is 12.5. The van der Waals surface area contributed by atoms with Gasteiger partial charge in [-0.25, -0.2) is 50.5 Å². The largest absolute Gasteiger partial charge is 1.00 e. The fourth-order valence-electron chi connectivity index (χ4n) is 4.00.